The summed E-state index contributed by atoms with van der Waals surface area (Å²) in [7, 11) is 0. The molecule has 0 fully saturated rings. The summed E-state index contributed by atoms with van der Waals surface area (Å²) in [5, 5.41) is 3.15. The van der Waals surface area contributed by atoms with Crippen molar-refractivity contribution in [3.63, 3.8) is 0 Å². The van der Waals surface area contributed by atoms with Gasteiger partial charge in [-0.25, -0.2) is 0 Å². The number of carbonyl (C=O) groups is 2. The van der Waals surface area contributed by atoms with Crippen LogP contribution < -0.4 is 5.32 Å². The largest absolute Gasteiger partial charge is 0.468 e. The summed E-state index contributed by atoms with van der Waals surface area (Å²) < 4.78 is 10.7. The van der Waals surface area contributed by atoms with E-state index in [1.165, 1.54) is 6.26 Å². The molecule has 0 saturated carbocycles. The Morgan fingerprint density at radius 3 is 2.35 bits per heavy atom. The molecule has 0 bridgehead atoms. The Labute approximate surface area is 131 Å². The van der Waals surface area contributed by atoms with Gasteiger partial charge in [0.15, 0.2) is 11.6 Å². The zero-order chi connectivity index (χ0) is 15.8. The number of hydrogen-bond donors (Lipinski definition) is 1. The summed E-state index contributed by atoms with van der Waals surface area (Å²) in [6.07, 6.45) is 2.97. The molecule has 0 amide bonds. The highest BCUT2D eigenvalue weighted by Crippen LogP contribution is 2.30. The molecule has 2 aromatic heterocycles. The van der Waals surface area contributed by atoms with Gasteiger partial charge in [0.2, 0.25) is 0 Å². The van der Waals surface area contributed by atoms with Crippen LogP contribution in [0.3, 0.4) is 0 Å². The average molecular weight is 307 g/mol. The number of rotatable bonds is 4. The summed E-state index contributed by atoms with van der Waals surface area (Å²) in [6.45, 7) is 0.860. The van der Waals surface area contributed by atoms with Crippen LogP contribution in [-0.2, 0) is 13.1 Å². The Balaban J connectivity index is 1.61. The van der Waals surface area contributed by atoms with E-state index in [4.69, 9.17) is 8.83 Å². The number of furan rings is 2. The topological polar surface area (TPSA) is 72.5 Å². The number of fused-ring (bicyclic) bond motifs is 2. The van der Waals surface area contributed by atoms with E-state index >= 15 is 0 Å². The maximum atomic E-state index is 12.7. The Morgan fingerprint density at radius 1 is 0.826 bits per heavy atom. The molecule has 3 aromatic rings. The fourth-order valence-electron chi connectivity index (χ4n) is 2.82. The molecule has 0 unspecified atom stereocenters. The van der Waals surface area contributed by atoms with Crippen molar-refractivity contribution in [2.75, 3.05) is 0 Å². The molecule has 1 N–H and O–H groups in total. The lowest BCUT2D eigenvalue weighted by atomic mass is 9.85. The third kappa shape index (κ3) is 2.22. The molecule has 0 atom stereocenters. The predicted molar refractivity (Wildman–Crippen MR) is 81.3 cm³/mol. The van der Waals surface area contributed by atoms with E-state index in [0.717, 1.165) is 5.76 Å². The molecule has 0 aliphatic heterocycles. The Morgan fingerprint density at radius 2 is 1.61 bits per heavy atom. The molecule has 1 aromatic carbocycles. The van der Waals surface area contributed by atoms with Crippen LogP contribution in [-0.4, -0.2) is 11.6 Å². The summed E-state index contributed by atoms with van der Waals surface area (Å²) in [6, 6.07) is 10.5. The van der Waals surface area contributed by atoms with Gasteiger partial charge >= 0.3 is 0 Å². The molecule has 0 radical (unpaired) electrons. The highest BCUT2D eigenvalue weighted by molar-refractivity contribution is 6.28. The predicted octanol–water partition coefficient (Wildman–Crippen LogP) is 2.94. The molecular formula is C18H13NO4. The van der Waals surface area contributed by atoms with E-state index in [9.17, 15) is 9.59 Å². The molecule has 23 heavy (non-hydrogen) atoms. The van der Waals surface area contributed by atoms with Crippen molar-refractivity contribution in [2.45, 2.75) is 13.1 Å². The Bertz CT molecular complexity index is 890. The van der Waals surface area contributed by atoms with Crippen molar-refractivity contribution in [3.05, 3.63) is 82.7 Å². The second kappa shape index (κ2) is 5.37. The van der Waals surface area contributed by atoms with Gasteiger partial charge in [-0.05, 0) is 12.1 Å². The molecule has 0 spiro atoms. The quantitative estimate of drug-likeness (QED) is 0.627. The molecule has 5 heteroatoms. The van der Waals surface area contributed by atoms with E-state index in [1.54, 1.807) is 30.5 Å². The van der Waals surface area contributed by atoms with Crippen molar-refractivity contribution in [2.24, 2.45) is 0 Å². The summed E-state index contributed by atoms with van der Waals surface area (Å²) in [5.74, 6) is 0.924. The second-order valence-corrected chi connectivity index (χ2v) is 5.33. The second-order valence-electron chi connectivity index (χ2n) is 5.33. The van der Waals surface area contributed by atoms with Crippen molar-refractivity contribution >= 4 is 11.6 Å². The summed E-state index contributed by atoms with van der Waals surface area (Å²) in [5.41, 5.74) is 1.56. The Kier molecular flexibility index (Phi) is 3.20. The number of carbonyl (C=O) groups excluding carboxylic acids is 2. The van der Waals surface area contributed by atoms with E-state index in [-0.39, 0.29) is 11.6 Å². The smallest absolute Gasteiger partial charge is 0.198 e. The lowest BCUT2D eigenvalue weighted by Crippen LogP contribution is -2.22. The minimum absolute atomic E-state index is 0.168. The van der Waals surface area contributed by atoms with Gasteiger partial charge in [-0.1, -0.05) is 24.3 Å². The van der Waals surface area contributed by atoms with Crippen LogP contribution >= 0.6 is 0 Å². The highest BCUT2D eigenvalue weighted by Gasteiger charge is 2.33. The standard InChI is InChI=1S/C18H13NO4/c20-17-12-5-1-2-6-13(12)18(21)16-14(17)10-23-15(16)9-19-8-11-4-3-7-22-11/h1-7,10,19H,8-9H2. The van der Waals surface area contributed by atoms with Crippen molar-refractivity contribution in [3.8, 4) is 0 Å². The van der Waals surface area contributed by atoms with E-state index in [2.05, 4.69) is 5.32 Å². The summed E-state index contributed by atoms with van der Waals surface area (Å²) in [4.78, 5) is 25.1. The maximum absolute atomic E-state index is 12.7. The monoisotopic (exact) mass is 307 g/mol. The van der Waals surface area contributed by atoms with Gasteiger partial charge in [0, 0.05) is 11.1 Å². The third-order valence-electron chi connectivity index (χ3n) is 3.92. The van der Waals surface area contributed by atoms with Crippen LogP contribution in [0.25, 0.3) is 0 Å². The van der Waals surface area contributed by atoms with Crippen molar-refractivity contribution < 1.29 is 18.4 Å². The van der Waals surface area contributed by atoms with Gasteiger partial charge in [0.25, 0.3) is 0 Å². The van der Waals surface area contributed by atoms with Crippen LogP contribution in [0.15, 0.2) is 57.8 Å². The number of benzene rings is 1. The SMILES string of the molecule is O=C1c2ccccc2C(=O)c2c1coc2CNCc1ccco1. The van der Waals surface area contributed by atoms with Gasteiger partial charge in [-0.2, -0.15) is 0 Å². The molecule has 1 aliphatic rings. The number of ketones is 2. The van der Waals surface area contributed by atoms with Gasteiger partial charge in [-0.3, -0.25) is 9.59 Å². The van der Waals surface area contributed by atoms with Crippen LogP contribution in [0.5, 0.6) is 0 Å². The molecule has 0 saturated heterocycles. The fraction of sp³-hybridized carbons (Fsp3) is 0.111. The minimum Gasteiger partial charge on any atom is -0.468 e. The van der Waals surface area contributed by atoms with E-state index in [1.807, 2.05) is 12.1 Å². The van der Waals surface area contributed by atoms with Crippen molar-refractivity contribution in [1.82, 2.24) is 5.32 Å². The fourth-order valence-corrected chi connectivity index (χ4v) is 2.82. The van der Waals surface area contributed by atoms with Crippen LogP contribution in [0.1, 0.15) is 43.4 Å². The van der Waals surface area contributed by atoms with Gasteiger partial charge < -0.3 is 14.2 Å². The highest BCUT2D eigenvalue weighted by atomic mass is 16.3. The van der Waals surface area contributed by atoms with Crippen molar-refractivity contribution in [1.29, 1.82) is 0 Å². The first kappa shape index (κ1) is 13.7. The number of nitrogens with one attached hydrogen (secondary N) is 1. The van der Waals surface area contributed by atoms with Crippen LogP contribution in [0.4, 0.5) is 0 Å². The molecular weight excluding hydrogens is 294 g/mol. The molecule has 5 nitrogen and oxygen atoms in total. The maximum Gasteiger partial charge on any atom is 0.198 e. The van der Waals surface area contributed by atoms with Crippen LogP contribution in [0, 0.1) is 0 Å². The first-order valence-corrected chi connectivity index (χ1v) is 7.27. The van der Waals surface area contributed by atoms with Gasteiger partial charge in [0.05, 0.1) is 30.5 Å². The molecule has 114 valence electrons. The first-order valence-electron chi connectivity index (χ1n) is 7.27. The number of hydrogen-bond acceptors (Lipinski definition) is 5. The molecule has 2 heterocycles. The lowest BCUT2D eigenvalue weighted by molar-refractivity contribution is 0.0979. The molecule has 4 rings (SSSR count). The van der Waals surface area contributed by atoms with E-state index < -0.39 is 0 Å². The van der Waals surface area contributed by atoms with E-state index in [0.29, 0.717) is 41.1 Å². The van der Waals surface area contributed by atoms with Gasteiger partial charge in [-0.15, -0.1) is 0 Å². The van der Waals surface area contributed by atoms with Gasteiger partial charge in [0.1, 0.15) is 17.8 Å². The third-order valence-corrected chi connectivity index (χ3v) is 3.92. The summed E-state index contributed by atoms with van der Waals surface area (Å²) >= 11 is 0. The Hall–Kier alpha value is -2.92. The van der Waals surface area contributed by atoms with Crippen LogP contribution in [0.2, 0.25) is 0 Å². The minimum atomic E-state index is -0.170. The first-order chi connectivity index (χ1) is 11.3. The lowest BCUT2D eigenvalue weighted by Gasteiger charge is -2.14. The normalized spacial score (nSPS) is 13.0. The zero-order valence-electron chi connectivity index (χ0n) is 12.2. The average Bonchev–Trinajstić information content (AvgIpc) is 3.23. The molecule has 1 aliphatic carbocycles. The zero-order valence-corrected chi connectivity index (χ0v) is 12.2.